The SMILES string of the molecule is CCOCCC[n+]1cc[nH]c1C. The molecule has 3 heteroatoms. The Morgan fingerprint density at radius 1 is 1.58 bits per heavy atom. The summed E-state index contributed by atoms with van der Waals surface area (Å²) in [6.07, 6.45) is 5.09. The Morgan fingerprint density at radius 3 is 3.00 bits per heavy atom. The highest BCUT2D eigenvalue weighted by molar-refractivity contribution is 4.70. The minimum Gasteiger partial charge on any atom is -0.382 e. The van der Waals surface area contributed by atoms with Crippen molar-refractivity contribution in [3.63, 3.8) is 0 Å². The van der Waals surface area contributed by atoms with Gasteiger partial charge in [0, 0.05) is 20.0 Å². The molecule has 1 rings (SSSR count). The van der Waals surface area contributed by atoms with Gasteiger partial charge in [0.1, 0.15) is 12.4 Å². The molecule has 0 unspecified atom stereocenters. The van der Waals surface area contributed by atoms with Gasteiger partial charge in [0.05, 0.1) is 13.2 Å². The third-order valence-electron chi connectivity index (χ3n) is 1.87. The molecule has 0 spiro atoms. The van der Waals surface area contributed by atoms with Crippen LogP contribution in [0.5, 0.6) is 0 Å². The number of H-pyrrole nitrogens is 1. The van der Waals surface area contributed by atoms with E-state index in [1.807, 2.05) is 13.1 Å². The molecular weight excluding hydrogens is 152 g/mol. The van der Waals surface area contributed by atoms with Crippen molar-refractivity contribution in [2.75, 3.05) is 13.2 Å². The lowest BCUT2D eigenvalue weighted by atomic mass is 10.4. The first-order valence-corrected chi connectivity index (χ1v) is 4.45. The molecule has 68 valence electrons. The Bertz CT molecular complexity index is 220. The maximum absolute atomic E-state index is 5.25. The van der Waals surface area contributed by atoms with E-state index in [-0.39, 0.29) is 0 Å². The van der Waals surface area contributed by atoms with Crippen molar-refractivity contribution in [3.05, 3.63) is 18.2 Å². The minimum atomic E-state index is 0.816. The van der Waals surface area contributed by atoms with Gasteiger partial charge in [-0.25, -0.2) is 9.55 Å². The molecule has 1 heterocycles. The second-order valence-electron chi connectivity index (χ2n) is 2.79. The number of ether oxygens (including phenoxy) is 1. The van der Waals surface area contributed by atoms with Crippen LogP contribution in [0.25, 0.3) is 0 Å². The molecular formula is C9H17N2O+. The van der Waals surface area contributed by atoms with Crippen LogP contribution in [0.15, 0.2) is 12.4 Å². The van der Waals surface area contributed by atoms with Crippen LogP contribution in [0, 0.1) is 6.92 Å². The van der Waals surface area contributed by atoms with Crippen molar-refractivity contribution in [2.24, 2.45) is 0 Å². The fraction of sp³-hybridized carbons (Fsp3) is 0.667. The molecule has 1 aromatic rings. The molecule has 0 aromatic carbocycles. The Labute approximate surface area is 73.4 Å². The monoisotopic (exact) mass is 169 g/mol. The van der Waals surface area contributed by atoms with Crippen LogP contribution < -0.4 is 4.57 Å². The minimum absolute atomic E-state index is 0.816. The second-order valence-corrected chi connectivity index (χ2v) is 2.79. The molecule has 0 fully saturated rings. The molecule has 0 aliphatic carbocycles. The summed E-state index contributed by atoms with van der Waals surface area (Å²) < 4.78 is 7.44. The van der Waals surface area contributed by atoms with E-state index in [2.05, 4.69) is 22.7 Å². The lowest BCUT2D eigenvalue weighted by molar-refractivity contribution is -0.702. The van der Waals surface area contributed by atoms with E-state index >= 15 is 0 Å². The molecule has 0 aliphatic heterocycles. The summed E-state index contributed by atoms with van der Waals surface area (Å²) >= 11 is 0. The van der Waals surface area contributed by atoms with Crippen LogP contribution in [0.2, 0.25) is 0 Å². The predicted molar refractivity (Wildman–Crippen MR) is 46.8 cm³/mol. The average molecular weight is 169 g/mol. The molecule has 0 bridgehead atoms. The number of aromatic amines is 1. The normalized spacial score (nSPS) is 10.5. The van der Waals surface area contributed by atoms with E-state index in [9.17, 15) is 0 Å². The van der Waals surface area contributed by atoms with Crippen LogP contribution >= 0.6 is 0 Å². The van der Waals surface area contributed by atoms with Crippen molar-refractivity contribution in [1.82, 2.24) is 4.98 Å². The Hall–Kier alpha value is -0.830. The lowest BCUT2D eigenvalue weighted by Gasteiger charge is -1.99. The number of hydrogen-bond acceptors (Lipinski definition) is 1. The van der Waals surface area contributed by atoms with E-state index < -0.39 is 0 Å². The van der Waals surface area contributed by atoms with Crippen LogP contribution in [0.4, 0.5) is 0 Å². The summed E-state index contributed by atoms with van der Waals surface area (Å²) in [6.45, 7) is 6.80. The summed E-state index contributed by atoms with van der Waals surface area (Å²) in [5.74, 6) is 1.20. The van der Waals surface area contributed by atoms with E-state index in [0.717, 1.165) is 26.2 Å². The number of rotatable bonds is 5. The van der Waals surface area contributed by atoms with Crippen LogP contribution in [-0.4, -0.2) is 18.2 Å². The molecule has 0 aliphatic rings. The van der Waals surface area contributed by atoms with Crippen molar-refractivity contribution >= 4 is 0 Å². The molecule has 0 radical (unpaired) electrons. The van der Waals surface area contributed by atoms with Crippen LogP contribution in [0.1, 0.15) is 19.2 Å². The number of nitrogens with one attached hydrogen (secondary N) is 1. The van der Waals surface area contributed by atoms with Gasteiger partial charge in [-0.3, -0.25) is 0 Å². The van der Waals surface area contributed by atoms with Gasteiger partial charge in [-0.05, 0) is 6.92 Å². The Balaban J connectivity index is 2.20. The predicted octanol–water partition coefficient (Wildman–Crippen LogP) is 1.04. The Morgan fingerprint density at radius 2 is 2.42 bits per heavy atom. The van der Waals surface area contributed by atoms with Gasteiger partial charge in [-0.1, -0.05) is 0 Å². The van der Waals surface area contributed by atoms with Crippen molar-refractivity contribution in [3.8, 4) is 0 Å². The first kappa shape index (κ1) is 9.26. The molecule has 0 saturated carbocycles. The molecule has 0 saturated heterocycles. The molecule has 12 heavy (non-hydrogen) atoms. The summed E-state index contributed by atoms with van der Waals surface area (Å²) in [4.78, 5) is 3.13. The quantitative estimate of drug-likeness (QED) is 0.518. The highest BCUT2D eigenvalue weighted by atomic mass is 16.5. The fourth-order valence-electron chi connectivity index (χ4n) is 1.17. The van der Waals surface area contributed by atoms with Gasteiger partial charge in [0.25, 0.3) is 5.82 Å². The van der Waals surface area contributed by atoms with Gasteiger partial charge in [-0.15, -0.1) is 0 Å². The lowest BCUT2D eigenvalue weighted by Crippen LogP contribution is -2.34. The van der Waals surface area contributed by atoms with Crippen LogP contribution in [-0.2, 0) is 11.3 Å². The summed E-state index contributed by atoms with van der Waals surface area (Å²) in [5, 5.41) is 0. The Kier molecular flexibility index (Phi) is 3.80. The molecule has 1 aromatic heterocycles. The fourth-order valence-corrected chi connectivity index (χ4v) is 1.17. The van der Waals surface area contributed by atoms with E-state index in [1.165, 1.54) is 5.82 Å². The van der Waals surface area contributed by atoms with Gasteiger partial charge < -0.3 is 4.74 Å². The summed E-state index contributed by atoms with van der Waals surface area (Å²) in [6, 6.07) is 0. The van der Waals surface area contributed by atoms with Crippen molar-refractivity contribution in [2.45, 2.75) is 26.8 Å². The van der Waals surface area contributed by atoms with Crippen LogP contribution in [0.3, 0.4) is 0 Å². The third kappa shape index (κ3) is 2.66. The number of imidazole rings is 1. The standard InChI is InChI=1S/C9H16N2O/c1-3-12-8-4-6-11-7-5-10-9(11)2/h5,7H,3-4,6,8H2,1-2H3/p+1. The maximum Gasteiger partial charge on any atom is 0.251 e. The first-order chi connectivity index (χ1) is 5.84. The highest BCUT2D eigenvalue weighted by Gasteiger charge is 2.02. The summed E-state index contributed by atoms with van der Waals surface area (Å²) in [5.41, 5.74) is 0. The summed E-state index contributed by atoms with van der Waals surface area (Å²) in [7, 11) is 0. The molecule has 1 N–H and O–H groups in total. The number of hydrogen-bond donors (Lipinski definition) is 1. The van der Waals surface area contributed by atoms with E-state index in [0.29, 0.717) is 0 Å². The van der Waals surface area contributed by atoms with Crippen molar-refractivity contribution in [1.29, 1.82) is 0 Å². The van der Waals surface area contributed by atoms with Gasteiger partial charge >= 0.3 is 0 Å². The first-order valence-electron chi connectivity index (χ1n) is 4.45. The second kappa shape index (κ2) is 4.93. The molecule has 0 amide bonds. The number of aryl methyl sites for hydroxylation is 2. The van der Waals surface area contributed by atoms with E-state index in [4.69, 9.17) is 4.74 Å². The zero-order valence-electron chi connectivity index (χ0n) is 7.84. The smallest absolute Gasteiger partial charge is 0.251 e. The van der Waals surface area contributed by atoms with Crippen molar-refractivity contribution < 1.29 is 9.30 Å². The van der Waals surface area contributed by atoms with E-state index in [1.54, 1.807) is 0 Å². The maximum atomic E-state index is 5.25. The number of nitrogens with zero attached hydrogens (tertiary/aromatic N) is 1. The van der Waals surface area contributed by atoms with Gasteiger partial charge in [0.2, 0.25) is 0 Å². The highest BCUT2D eigenvalue weighted by Crippen LogP contribution is 1.86. The molecule has 0 atom stereocenters. The largest absolute Gasteiger partial charge is 0.382 e. The zero-order valence-corrected chi connectivity index (χ0v) is 7.84. The molecule has 3 nitrogen and oxygen atoms in total. The van der Waals surface area contributed by atoms with Gasteiger partial charge in [0.15, 0.2) is 0 Å². The van der Waals surface area contributed by atoms with Gasteiger partial charge in [-0.2, -0.15) is 0 Å². The number of aromatic nitrogens is 2. The topological polar surface area (TPSA) is 28.9 Å². The third-order valence-corrected chi connectivity index (χ3v) is 1.87. The average Bonchev–Trinajstić information content (AvgIpc) is 2.46. The zero-order chi connectivity index (χ0) is 8.81.